The molecule has 26 heavy (non-hydrogen) atoms. The molecule has 2 aromatic rings. The summed E-state index contributed by atoms with van der Waals surface area (Å²) in [7, 11) is 0. The Bertz CT molecular complexity index is 842. The van der Waals surface area contributed by atoms with E-state index in [-0.39, 0.29) is 48.6 Å². The molecule has 2 aliphatic rings. The van der Waals surface area contributed by atoms with Crippen LogP contribution in [0.2, 0.25) is 0 Å². The fourth-order valence-electron chi connectivity index (χ4n) is 3.01. The molecule has 1 N–H and O–H groups in total. The van der Waals surface area contributed by atoms with Gasteiger partial charge in [0.1, 0.15) is 12.4 Å². The number of cyclic esters (lactones) is 1. The third kappa shape index (κ3) is 3.05. The van der Waals surface area contributed by atoms with Crippen LogP contribution in [-0.2, 0) is 11.3 Å². The zero-order valence-corrected chi connectivity index (χ0v) is 13.7. The van der Waals surface area contributed by atoms with Crippen LogP contribution in [-0.4, -0.2) is 64.3 Å². The Morgan fingerprint density at radius 1 is 1.35 bits per heavy atom. The summed E-state index contributed by atoms with van der Waals surface area (Å²) in [5.41, 5.74) is 0.232. The van der Waals surface area contributed by atoms with Gasteiger partial charge in [0.25, 0.3) is 0 Å². The average Bonchev–Trinajstić information content (AvgIpc) is 3.27. The van der Waals surface area contributed by atoms with Crippen LogP contribution in [0.1, 0.15) is 5.89 Å². The van der Waals surface area contributed by atoms with Crippen LogP contribution >= 0.6 is 0 Å². The lowest BCUT2D eigenvalue weighted by atomic mass is 10.2. The zero-order chi connectivity index (χ0) is 18.1. The van der Waals surface area contributed by atoms with Gasteiger partial charge in [0, 0.05) is 19.6 Å². The highest BCUT2D eigenvalue weighted by molar-refractivity contribution is 5.75. The molecule has 10 heteroatoms. The molecule has 9 nitrogen and oxygen atoms in total. The third-order valence-corrected chi connectivity index (χ3v) is 4.38. The third-order valence-electron chi connectivity index (χ3n) is 4.38. The maximum absolute atomic E-state index is 13.7. The summed E-state index contributed by atoms with van der Waals surface area (Å²) in [5.74, 6) is -0.146. The Kier molecular flexibility index (Phi) is 4.15. The quantitative estimate of drug-likeness (QED) is 0.882. The summed E-state index contributed by atoms with van der Waals surface area (Å²) in [6, 6.07) is 5.69. The van der Waals surface area contributed by atoms with Gasteiger partial charge in [-0.1, -0.05) is 17.3 Å². The normalized spacial score (nSPS) is 19.3. The van der Waals surface area contributed by atoms with Gasteiger partial charge in [0.15, 0.2) is 0 Å². The summed E-state index contributed by atoms with van der Waals surface area (Å²) in [6.45, 7) is 1.58. The molecule has 0 unspecified atom stereocenters. The van der Waals surface area contributed by atoms with Crippen molar-refractivity contribution < 1.29 is 23.2 Å². The van der Waals surface area contributed by atoms with Gasteiger partial charge < -0.3 is 19.5 Å². The first-order chi connectivity index (χ1) is 12.6. The fourth-order valence-corrected chi connectivity index (χ4v) is 3.01. The summed E-state index contributed by atoms with van der Waals surface area (Å²) >= 11 is 0. The molecular weight excluding hydrogens is 345 g/mol. The van der Waals surface area contributed by atoms with Gasteiger partial charge in [-0.05, 0) is 12.1 Å². The molecule has 3 heterocycles. The van der Waals surface area contributed by atoms with Gasteiger partial charge in [0.2, 0.25) is 11.7 Å². The SMILES string of the molecule is O=C(NCc1nc(-c2ccccc2F)no1)N1CCN2C(=O)OC[C@@H]2C1. The number of hydrogen-bond acceptors (Lipinski definition) is 6. The predicted octanol–water partition coefficient (Wildman–Crippen LogP) is 1.22. The standard InChI is InChI=1S/C16H16FN5O4/c17-12-4-2-1-3-11(12)14-19-13(26-20-14)7-18-15(23)21-5-6-22-10(8-21)9-25-16(22)24/h1-4,10H,5-9H2,(H,18,23)/t10-/m0/s1. The van der Waals surface area contributed by atoms with Gasteiger partial charge in [-0.15, -0.1) is 0 Å². The van der Waals surface area contributed by atoms with Crippen molar-refractivity contribution in [1.29, 1.82) is 0 Å². The first-order valence-corrected chi connectivity index (χ1v) is 8.15. The molecule has 1 atom stereocenters. The summed E-state index contributed by atoms with van der Waals surface area (Å²) in [5, 5.41) is 6.43. The van der Waals surface area contributed by atoms with Crippen LogP contribution < -0.4 is 5.32 Å². The summed E-state index contributed by atoms with van der Waals surface area (Å²) in [6.07, 6.45) is -0.332. The van der Waals surface area contributed by atoms with E-state index in [9.17, 15) is 14.0 Å². The molecule has 4 rings (SSSR count). The van der Waals surface area contributed by atoms with Gasteiger partial charge in [-0.2, -0.15) is 4.98 Å². The Morgan fingerprint density at radius 2 is 2.19 bits per heavy atom. The van der Waals surface area contributed by atoms with E-state index in [1.54, 1.807) is 28.0 Å². The van der Waals surface area contributed by atoms with E-state index < -0.39 is 5.82 Å². The Balaban J connectivity index is 1.34. The van der Waals surface area contributed by atoms with E-state index >= 15 is 0 Å². The van der Waals surface area contributed by atoms with Crippen LogP contribution in [0.3, 0.4) is 0 Å². The number of nitrogens with zero attached hydrogens (tertiary/aromatic N) is 4. The molecule has 0 radical (unpaired) electrons. The first-order valence-electron chi connectivity index (χ1n) is 8.15. The Hall–Kier alpha value is -3.17. The number of rotatable bonds is 3. The lowest BCUT2D eigenvalue weighted by molar-refractivity contribution is 0.126. The highest BCUT2D eigenvalue weighted by atomic mass is 19.1. The molecule has 0 bridgehead atoms. The van der Waals surface area contributed by atoms with Crippen molar-refractivity contribution in [3.05, 3.63) is 36.0 Å². The number of carbonyl (C=O) groups is 2. The van der Waals surface area contributed by atoms with Crippen LogP contribution in [0.25, 0.3) is 11.4 Å². The maximum Gasteiger partial charge on any atom is 0.410 e. The highest BCUT2D eigenvalue weighted by Crippen LogP contribution is 2.20. The van der Waals surface area contributed by atoms with Crippen LogP contribution in [0.5, 0.6) is 0 Å². The minimum atomic E-state index is -0.449. The van der Waals surface area contributed by atoms with Crippen molar-refractivity contribution in [3.8, 4) is 11.4 Å². The lowest BCUT2D eigenvalue weighted by Gasteiger charge is -2.35. The average molecular weight is 361 g/mol. The molecule has 0 saturated carbocycles. The Morgan fingerprint density at radius 3 is 3.04 bits per heavy atom. The predicted molar refractivity (Wildman–Crippen MR) is 85.3 cm³/mol. The highest BCUT2D eigenvalue weighted by Gasteiger charge is 2.38. The molecule has 2 fully saturated rings. The molecule has 2 saturated heterocycles. The minimum absolute atomic E-state index is 0.0284. The van der Waals surface area contributed by atoms with Gasteiger partial charge in [-0.25, -0.2) is 14.0 Å². The number of hydrogen-bond donors (Lipinski definition) is 1. The second-order valence-electron chi connectivity index (χ2n) is 6.02. The van der Waals surface area contributed by atoms with Crippen molar-refractivity contribution in [1.82, 2.24) is 25.3 Å². The molecule has 1 aromatic heterocycles. The van der Waals surface area contributed by atoms with Crippen molar-refractivity contribution in [3.63, 3.8) is 0 Å². The van der Waals surface area contributed by atoms with E-state index in [0.717, 1.165) is 0 Å². The number of nitrogens with one attached hydrogen (secondary N) is 1. The largest absolute Gasteiger partial charge is 0.447 e. The smallest absolute Gasteiger partial charge is 0.410 e. The topological polar surface area (TPSA) is 101 Å². The lowest BCUT2D eigenvalue weighted by Crippen LogP contribution is -2.55. The van der Waals surface area contributed by atoms with Gasteiger partial charge >= 0.3 is 12.1 Å². The van der Waals surface area contributed by atoms with Gasteiger partial charge in [0.05, 0.1) is 18.2 Å². The monoisotopic (exact) mass is 361 g/mol. The van der Waals surface area contributed by atoms with Crippen molar-refractivity contribution in [2.24, 2.45) is 0 Å². The molecule has 3 amide bonds. The van der Waals surface area contributed by atoms with E-state index in [1.165, 1.54) is 6.07 Å². The summed E-state index contributed by atoms with van der Waals surface area (Å²) in [4.78, 5) is 31.1. The number of carbonyl (C=O) groups excluding carboxylic acids is 2. The first kappa shape index (κ1) is 16.3. The molecule has 2 aliphatic heterocycles. The van der Waals surface area contributed by atoms with Crippen molar-refractivity contribution in [2.45, 2.75) is 12.6 Å². The van der Waals surface area contributed by atoms with Crippen LogP contribution in [0, 0.1) is 5.82 Å². The molecule has 0 aliphatic carbocycles. The molecule has 0 spiro atoms. The van der Waals surface area contributed by atoms with E-state index in [2.05, 4.69) is 15.5 Å². The second-order valence-corrected chi connectivity index (χ2v) is 6.02. The maximum atomic E-state index is 13.7. The number of piperazine rings is 1. The van der Waals surface area contributed by atoms with Crippen LogP contribution in [0.4, 0.5) is 14.0 Å². The van der Waals surface area contributed by atoms with E-state index in [4.69, 9.17) is 9.26 Å². The number of fused-ring (bicyclic) bond motifs is 1. The second kappa shape index (κ2) is 6.62. The fraction of sp³-hybridized carbons (Fsp3) is 0.375. The zero-order valence-electron chi connectivity index (χ0n) is 13.7. The number of amides is 3. The number of benzene rings is 1. The molecule has 1 aromatic carbocycles. The van der Waals surface area contributed by atoms with E-state index in [0.29, 0.717) is 19.6 Å². The summed E-state index contributed by atoms with van der Waals surface area (Å²) < 4.78 is 23.8. The van der Waals surface area contributed by atoms with E-state index in [1.807, 2.05) is 0 Å². The van der Waals surface area contributed by atoms with Crippen LogP contribution in [0.15, 0.2) is 28.8 Å². The number of ether oxygens (including phenoxy) is 1. The number of aromatic nitrogens is 2. The number of urea groups is 1. The minimum Gasteiger partial charge on any atom is -0.447 e. The molecule has 136 valence electrons. The van der Waals surface area contributed by atoms with Crippen molar-refractivity contribution in [2.75, 3.05) is 26.2 Å². The van der Waals surface area contributed by atoms with Crippen molar-refractivity contribution >= 4 is 12.1 Å². The molecular formula is C16H16FN5O4. The number of halogens is 1. The van der Waals surface area contributed by atoms with Gasteiger partial charge in [-0.3, -0.25) is 4.90 Å². The Labute approximate surface area is 147 Å².